The van der Waals surface area contributed by atoms with Crippen molar-refractivity contribution >= 4 is 5.84 Å². The molecule has 0 unspecified atom stereocenters. The number of hydrogen-bond acceptors (Lipinski definition) is 3. The van der Waals surface area contributed by atoms with Gasteiger partial charge in [0.1, 0.15) is 17.3 Å². The molecule has 0 bridgehead atoms. The van der Waals surface area contributed by atoms with Gasteiger partial charge in [-0.3, -0.25) is 5.41 Å². The third-order valence-corrected chi connectivity index (χ3v) is 3.64. The van der Waals surface area contributed by atoms with Crippen molar-refractivity contribution in [2.75, 3.05) is 13.7 Å². The molecule has 0 aliphatic heterocycles. The lowest BCUT2D eigenvalue weighted by molar-refractivity contribution is 0.208. The Hall–Kier alpha value is -1.71. The number of rotatable bonds is 5. The van der Waals surface area contributed by atoms with Crippen molar-refractivity contribution in [3.05, 3.63) is 23.8 Å². The fourth-order valence-electron chi connectivity index (χ4n) is 2.50. The van der Waals surface area contributed by atoms with Crippen LogP contribution < -0.4 is 15.2 Å². The van der Waals surface area contributed by atoms with E-state index in [-0.39, 0.29) is 5.84 Å². The minimum atomic E-state index is 0.0291. The Morgan fingerprint density at radius 2 is 1.89 bits per heavy atom. The Morgan fingerprint density at radius 1 is 1.21 bits per heavy atom. The lowest BCUT2D eigenvalue weighted by Crippen LogP contribution is -2.16. The highest BCUT2D eigenvalue weighted by molar-refractivity contribution is 5.95. The summed E-state index contributed by atoms with van der Waals surface area (Å²) in [4.78, 5) is 0. The topological polar surface area (TPSA) is 68.3 Å². The smallest absolute Gasteiger partial charge is 0.123 e. The van der Waals surface area contributed by atoms with Gasteiger partial charge < -0.3 is 15.2 Å². The lowest BCUT2D eigenvalue weighted by atomic mass is 9.90. The van der Waals surface area contributed by atoms with E-state index in [0.717, 1.165) is 12.4 Å². The third kappa shape index (κ3) is 3.88. The molecule has 0 spiro atoms. The van der Waals surface area contributed by atoms with Crippen molar-refractivity contribution in [3.63, 3.8) is 0 Å². The number of nitrogens with one attached hydrogen (secondary N) is 1. The molecule has 1 aliphatic carbocycles. The molecule has 19 heavy (non-hydrogen) atoms. The molecule has 4 nitrogen and oxygen atoms in total. The molecular formula is C15H22N2O2. The van der Waals surface area contributed by atoms with E-state index in [0.29, 0.717) is 17.2 Å². The van der Waals surface area contributed by atoms with Gasteiger partial charge in [0.05, 0.1) is 13.7 Å². The molecule has 1 aromatic rings. The van der Waals surface area contributed by atoms with Crippen molar-refractivity contribution in [3.8, 4) is 11.5 Å². The molecule has 3 N–H and O–H groups in total. The molecule has 1 aromatic carbocycles. The summed E-state index contributed by atoms with van der Waals surface area (Å²) >= 11 is 0. The van der Waals surface area contributed by atoms with Crippen LogP contribution in [0.4, 0.5) is 0 Å². The monoisotopic (exact) mass is 262 g/mol. The highest BCUT2D eigenvalue weighted by Gasteiger charge is 2.14. The third-order valence-electron chi connectivity index (χ3n) is 3.64. The van der Waals surface area contributed by atoms with Gasteiger partial charge in [0.25, 0.3) is 0 Å². The Bertz CT molecular complexity index is 440. The standard InChI is InChI=1S/C15H22N2O2/c1-18-13-7-12(15(16)17)8-14(9-13)19-10-11-5-3-2-4-6-11/h7-9,11H,2-6,10H2,1H3,(H3,16,17). The molecule has 0 heterocycles. The van der Waals surface area contributed by atoms with Crippen LogP contribution in [0.1, 0.15) is 37.7 Å². The second-order valence-electron chi connectivity index (χ2n) is 5.13. The average Bonchev–Trinajstić information content (AvgIpc) is 2.45. The molecule has 2 rings (SSSR count). The first-order valence-electron chi connectivity index (χ1n) is 6.85. The summed E-state index contributed by atoms with van der Waals surface area (Å²) in [6.45, 7) is 0.741. The van der Waals surface area contributed by atoms with Crippen molar-refractivity contribution in [2.24, 2.45) is 11.7 Å². The van der Waals surface area contributed by atoms with E-state index in [4.69, 9.17) is 20.6 Å². The van der Waals surface area contributed by atoms with Crippen molar-refractivity contribution in [2.45, 2.75) is 32.1 Å². The van der Waals surface area contributed by atoms with Crippen LogP contribution >= 0.6 is 0 Å². The van der Waals surface area contributed by atoms with Crippen LogP contribution in [-0.2, 0) is 0 Å². The van der Waals surface area contributed by atoms with Gasteiger partial charge in [-0.2, -0.15) is 0 Å². The number of nitrogens with two attached hydrogens (primary N) is 1. The zero-order valence-electron chi connectivity index (χ0n) is 11.4. The maximum atomic E-state index is 7.50. The normalized spacial score (nSPS) is 16.1. The minimum Gasteiger partial charge on any atom is -0.497 e. The molecule has 0 amide bonds. The Kier molecular flexibility index (Phi) is 4.66. The first-order chi connectivity index (χ1) is 9.19. The van der Waals surface area contributed by atoms with E-state index in [1.165, 1.54) is 32.1 Å². The van der Waals surface area contributed by atoms with E-state index in [1.807, 2.05) is 6.07 Å². The number of benzene rings is 1. The van der Waals surface area contributed by atoms with Crippen molar-refractivity contribution in [1.29, 1.82) is 5.41 Å². The second-order valence-corrected chi connectivity index (χ2v) is 5.13. The molecule has 1 fully saturated rings. The fraction of sp³-hybridized carbons (Fsp3) is 0.533. The highest BCUT2D eigenvalue weighted by atomic mass is 16.5. The molecule has 1 aliphatic rings. The Morgan fingerprint density at radius 3 is 2.53 bits per heavy atom. The highest BCUT2D eigenvalue weighted by Crippen LogP contribution is 2.27. The fourth-order valence-corrected chi connectivity index (χ4v) is 2.50. The predicted molar refractivity (Wildman–Crippen MR) is 76.1 cm³/mol. The van der Waals surface area contributed by atoms with Crippen molar-refractivity contribution in [1.82, 2.24) is 0 Å². The summed E-state index contributed by atoms with van der Waals surface area (Å²) in [5.41, 5.74) is 6.15. The SMILES string of the molecule is COc1cc(OCC2CCCCC2)cc(C(=N)N)c1. The summed E-state index contributed by atoms with van der Waals surface area (Å²) in [5, 5.41) is 7.50. The Labute approximate surface area is 114 Å². The molecule has 0 aromatic heterocycles. The number of amidine groups is 1. The van der Waals surface area contributed by atoms with E-state index < -0.39 is 0 Å². The molecule has 0 saturated heterocycles. The second kappa shape index (κ2) is 6.45. The van der Waals surface area contributed by atoms with Crippen LogP contribution in [0, 0.1) is 11.3 Å². The van der Waals surface area contributed by atoms with E-state index >= 15 is 0 Å². The molecule has 104 valence electrons. The van der Waals surface area contributed by atoms with Gasteiger partial charge in [-0.1, -0.05) is 19.3 Å². The largest absolute Gasteiger partial charge is 0.497 e. The maximum Gasteiger partial charge on any atom is 0.123 e. The van der Waals surface area contributed by atoms with E-state index in [9.17, 15) is 0 Å². The summed E-state index contributed by atoms with van der Waals surface area (Å²) in [7, 11) is 1.60. The quantitative estimate of drug-likeness (QED) is 0.633. The summed E-state index contributed by atoms with van der Waals surface area (Å²) in [6.07, 6.45) is 6.48. The minimum absolute atomic E-state index is 0.0291. The molecule has 0 radical (unpaired) electrons. The van der Waals surface area contributed by atoms with E-state index in [1.54, 1.807) is 19.2 Å². The zero-order valence-corrected chi connectivity index (χ0v) is 11.4. The van der Waals surface area contributed by atoms with Gasteiger partial charge in [0, 0.05) is 11.6 Å². The maximum absolute atomic E-state index is 7.50. The molecular weight excluding hydrogens is 240 g/mol. The van der Waals surface area contributed by atoms with Crippen LogP contribution in [0.5, 0.6) is 11.5 Å². The van der Waals surface area contributed by atoms with Gasteiger partial charge >= 0.3 is 0 Å². The first kappa shape index (κ1) is 13.7. The van der Waals surface area contributed by atoms with Crippen LogP contribution in [0.2, 0.25) is 0 Å². The molecule has 0 atom stereocenters. The van der Waals surface area contributed by atoms with Crippen LogP contribution in [0.3, 0.4) is 0 Å². The van der Waals surface area contributed by atoms with Gasteiger partial charge in [0.15, 0.2) is 0 Å². The summed E-state index contributed by atoms with van der Waals surface area (Å²) < 4.78 is 11.1. The van der Waals surface area contributed by atoms with Crippen LogP contribution in [0.15, 0.2) is 18.2 Å². The summed E-state index contributed by atoms with van der Waals surface area (Å²) in [5.74, 6) is 2.09. The van der Waals surface area contributed by atoms with Gasteiger partial charge in [-0.05, 0) is 30.9 Å². The van der Waals surface area contributed by atoms with Gasteiger partial charge in [0.2, 0.25) is 0 Å². The van der Waals surface area contributed by atoms with Gasteiger partial charge in [-0.25, -0.2) is 0 Å². The molecule has 1 saturated carbocycles. The average molecular weight is 262 g/mol. The van der Waals surface area contributed by atoms with Crippen LogP contribution in [0.25, 0.3) is 0 Å². The lowest BCUT2D eigenvalue weighted by Gasteiger charge is -2.22. The van der Waals surface area contributed by atoms with Crippen LogP contribution in [-0.4, -0.2) is 19.6 Å². The first-order valence-corrected chi connectivity index (χ1v) is 6.85. The number of methoxy groups -OCH3 is 1. The summed E-state index contributed by atoms with van der Waals surface area (Å²) in [6, 6.07) is 5.39. The number of nitrogen functional groups attached to an aromatic ring is 1. The zero-order chi connectivity index (χ0) is 13.7. The van der Waals surface area contributed by atoms with Gasteiger partial charge in [-0.15, -0.1) is 0 Å². The molecule has 4 heteroatoms. The number of hydrogen-bond donors (Lipinski definition) is 2. The number of ether oxygens (including phenoxy) is 2. The van der Waals surface area contributed by atoms with Crippen molar-refractivity contribution < 1.29 is 9.47 Å². The van der Waals surface area contributed by atoms with E-state index in [2.05, 4.69) is 0 Å². The predicted octanol–water partition coefficient (Wildman–Crippen LogP) is 2.94. The Balaban J connectivity index is 2.02.